The van der Waals surface area contributed by atoms with E-state index in [1.807, 2.05) is 30.3 Å². The number of hydrogen-bond acceptors (Lipinski definition) is 2. The summed E-state index contributed by atoms with van der Waals surface area (Å²) in [5.74, 6) is 0. The summed E-state index contributed by atoms with van der Waals surface area (Å²) in [6.45, 7) is 0.855. The van der Waals surface area contributed by atoms with Crippen LogP contribution >= 0.6 is 23.2 Å². The minimum Gasteiger partial charge on any atom is -0.375 e. The van der Waals surface area contributed by atoms with Crippen LogP contribution < -0.4 is 10.6 Å². The van der Waals surface area contributed by atoms with E-state index in [0.717, 1.165) is 18.5 Å². The summed E-state index contributed by atoms with van der Waals surface area (Å²) in [4.78, 5) is 2.18. The Morgan fingerprint density at radius 2 is 1.75 bits per heavy atom. The Labute approximate surface area is 130 Å². The SMILES string of the molecule is CN(CCC(N)c1cccc(Cl)c1Cl)c1ccccc1. The molecule has 0 fully saturated rings. The molecule has 0 aromatic heterocycles. The lowest BCUT2D eigenvalue weighted by atomic mass is 10.0. The van der Waals surface area contributed by atoms with Gasteiger partial charge in [-0.25, -0.2) is 0 Å². The standard InChI is InChI=1S/C16H18Cl2N2/c1-20(12-6-3-2-4-7-12)11-10-15(19)13-8-5-9-14(17)16(13)18/h2-9,15H,10-11,19H2,1H3. The highest BCUT2D eigenvalue weighted by Gasteiger charge is 2.13. The summed E-state index contributed by atoms with van der Waals surface area (Å²) in [5, 5.41) is 1.11. The van der Waals surface area contributed by atoms with E-state index >= 15 is 0 Å². The lowest BCUT2D eigenvalue weighted by Crippen LogP contribution is -2.23. The van der Waals surface area contributed by atoms with Crippen molar-refractivity contribution in [2.24, 2.45) is 5.73 Å². The van der Waals surface area contributed by atoms with Gasteiger partial charge in [0.15, 0.2) is 0 Å². The van der Waals surface area contributed by atoms with Gasteiger partial charge < -0.3 is 10.6 Å². The minimum atomic E-state index is -0.118. The maximum atomic E-state index is 6.22. The van der Waals surface area contributed by atoms with Crippen LogP contribution in [0.25, 0.3) is 0 Å². The Hall–Kier alpha value is -1.22. The van der Waals surface area contributed by atoms with Crippen molar-refractivity contribution in [1.29, 1.82) is 0 Å². The van der Waals surface area contributed by atoms with Crippen LogP contribution in [0.3, 0.4) is 0 Å². The first-order chi connectivity index (χ1) is 9.59. The average Bonchev–Trinajstić information content (AvgIpc) is 2.48. The number of anilines is 1. The summed E-state index contributed by atoms with van der Waals surface area (Å²) in [5.41, 5.74) is 8.30. The molecule has 0 saturated heterocycles. The molecule has 0 aliphatic heterocycles. The van der Waals surface area contributed by atoms with Crippen molar-refractivity contribution in [1.82, 2.24) is 0 Å². The predicted molar refractivity (Wildman–Crippen MR) is 87.7 cm³/mol. The monoisotopic (exact) mass is 308 g/mol. The quantitative estimate of drug-likeness (QED) is 0.880. The number of hydrogen-bond donors (Lipinski definition) is 1. The summed E-state index contributed by atoms with van der Waals surface area (Å²) in [6, 6.07) is 15.7. The van der Waals surface area contributed by atoms with Gasteiger partial charge in [-0.3, -0.25) is 0 Å². The highest BCUT2D eigenvalue weighted by atomic mass is 35.5. The van der Waals surface area contributed by atoms with Crippen LogP contribution in [0.4, 0.5) is 5.69 Å². The molecule has 1 unspecified atom stereocenters. The van der Waals surface area contributed by atoms with Gasteiger partial charge in [0.25, 0.3) is 0 Å². The number of rotatable bonds is 5. The molecule has 0 spiro atoms. The molecular formula is C16H18Cl2N2. The minimum absolute atomic E-state index is 0.118. The molecule has 2 N–H and O–H groups in total. The molecule has 106 valence electrons. The van der Waals surface area contributed by atoms with Gasteiger partial charge in [0.2, 0.25) is 0 Å². The molecule has 0 heterocycles. The van der Waals surface area contributed by atoms with E-state index in [9.17, 15) is 0 Å². The highest BCUT2D eigenvalue weighted by molar-refractivity contribution is 6.42. The Kier molecular flexibility index (Phi) is 5.30. The van der Waals surface area contributed by atoms with Crippen molar-refractivity contribution in [3.05, 3.63) is 64.1 Å². The fourth-order valence-electron chi connectivity index (χ4n) is 2.11. The number of para-hydroxylation sites is 1. The second kappa shape index (κ2) is 6.98. The molecule has 2 aromatic rings. The number of nitrogens with zero attached hydrogens (tertiary/aromatic N) is 1. The van der Waals surface area contributed by atoms with Crippen molar-refractivity contribution in [2.75, 3.05) is 18.5 Å². The molecule has 4 heteroatoms. The average molecular weight is 309 g/mol. The third kappa shape index (κ3) is 3.66. The zero-order valence-corrected chi connectivity index (χ0v) is 12.9. The second-order valence-electron chi connectivity index (χ2n) is 4.80. The molecule has 0 radical (unpaired) electrons. The number of halogens is 2. The first-order valence-electron chi connectivity index (χ1n) is 6.55. The third-order valence-corrected chi connectivity index (χ3v) is 4.19. The van der Waals surface area contributed by atoms with E-state index in [1.165, 1.54) is 5.69 Å². The highest BCUT2D eigenvalue weighted by Crippen LogP contribution is 2.30. The fourth-order valence-corrected chi connectivity index (χ4v) is 2.55. The molecule has 2 aromatic carbocycles. The number of nitrogens with two attached hydrogens (primary N) is 1. The Morgan fingerprint density at radius 3 is 2.45 bits per heavy atom. The molecule has 0 aliphatic carbocycles. The van der Waals surface area contributed by atoms with Crippen molar-refractivity contribution >= 4 is 28.9 Å². The van der Waals surface area contributed by atoms with Crippen LogP contribution in [0.15, 0.2) is 48.5 Å². The molecule has 1 atom stereocenters. The van der Waals surface area contributed by atoms with Crippen LogP contribution in [0, 0.1) is 0 Å². The Morgan fingerprint density at radius 1 is 1.05 bits per heavy atom. The Bertz CT molecular complexity index is 558. The van der Waals surface area contributed by atoms with E-state index < -0.39 is 0 Å². The van der Waals surface area contributed by atoms with Crippen LogP contribution in [0.1, 0.15) is 18.0 Å². The topological polar surface area (TPSA) is 29.3 Å². The van der Waals surface area contributed by atoms with Gasteiger partial charge in [0, 0.05) is 25.3 Å². The zero-order chi connectivity index (χ0) is 14.5. The van der Waals surface area contributed by atoms with E-state index in [4.69, 9.17) is 28.9 Å². The zero-order valence-electron chi connectivity index (χ0n) is 11.4. The van der Waals surface area contributed by atoms with Crippen molar-refractivity contribution in [3.8, 4) is 0 Å². The van der Waals surface area contributed by atoms with Crippen molar-refractivity contribution in [3.63, 3.8) is 0 Å². The smallest absolute Gasteiger partial charge is 0.0640 e. The van der Waals surface area contributed by atoms with Gasteiger partial charge in [0.05, 0.1) is 10.0 Å². The molecule has 0 aliphatic rings. The van der Waals surface area contributed by atoms with E-state index in [0.29, 0.717) is 10.0 Å². The molecule has 2 rings (SSSR count). The lowest BCUT2D eigenvalue weighted by molar-refractivity contribution is 0.646. The molecule has 0 saturated carbocycles. The Balaban J connectivity index is 1.99. The largest absolute Gasteiger partial charge is 0.375 e. The first kappa shape index (κ1) is 15.2. The summed E-state index contributed by atoms with van der Waals surface area (Å²) in [7, 11) is 2.06. The maximum Gasteiger partial charge on any atom is 0.0640 e. The molecule has 20 heavy (non-hydrogen) atoms. The van der Waals surface area contributed by atoms with Crippen LogP contribution in [-0.4, -0.2) is 13.6 Å². The molecular weight excluding hydrogens is 291 g/mol. The normalized spacial score (nSPS) is 12.2. The van der Waals surface area contributed by atoms with Crippen LogP contribution in [0.5, 0.6) is 0 Å². The van der Waals surface area contributed by atoms with Gasteiger partial charge in [-0.05, 0) is 30.2 Å². The fraction of sp³-hybridized carbons (Fsp3) is 0.250. The van der Waals surface area contributed by atoms with Gasteiger partial charge in [-0.1, -0.05) is 53.5 Å². The van der Waals surface area contributed by atoms with E-state index in [1.54, 1.807) is 6.07 Å². The molecule has 0 amide bonds. The van der Waals surface area contributed by atoms with Crippen LogP contribution in [0.2, 0.25) is 10.0 Å². The summed E-state index contributed by atoms with van der Waals surface area (Å²) < 4.78 is 0. The predicted octanol–water partition coefficient (Wildman–Crippen LogP) is 4.52. The summed E-state index contributed by atoms with van der Waals surface area (Å²) >= 11 is 12.2. The third-order valence-electron chi connectivity index (χ3n) is 3.35. The lowest BCUT2D eigenvalue weighted by Gasteiger charge is -2.22. The van der Waals surface area contributed by atoms with Crippen molar-refractivity contribution < 1.29 is 0 Å². The van der Waals surface area contributed by atoms with Crippen molar-refractivity contribution in [2.45, 2.75) is 12.5 Å². The van der Waals surface area contributed by atoms with Gasteiger partial charge in [-0.2, -0.15) is 0 Å². The maximum absolute atomic E-state index is 6.22. The van der Waals surface area contributed by atoms with Gasteiger partial charge >= 0.3 is 0 Å². The van der Waals surface area contributed by atoms with Crippen LogP contribution in [-0.2, 0) is 0 Å². The van der Waals surface area contributed by atoms with Gasteiger partial charge in [0.1, 0.15) is 0 Å². The van der Waals surface area contributed by atoms with E-state index in [-0.39, 0.29) is 6.04 Å². The molecule has 0 bridgehead atoms. The van der Waals surface area contributed by atoms with Gasteiger partial charge in [-0.15, -0.1) is 0 Å². The molecule has 2 nitrogen and oxygen atoms in total. The van der Waals surface area contributed by atoms with E-state index in [2.05, 4.69) is 24.1 Å². The first-order valence-corrected chi connectivity index (χ1v) is 7.31. The summed E-state index contributed by atoms with van der Waals surface area (Å²) in [6.07, 6.45) is 0.811. The number of benzene rings is 2. The second-order valence-corrected chi connectivity index (χ2v) is 5.58.